The molecule has 0 aromatic heterocycles. The summed E-state index contributed by atoms with van der Waals surface area (Å²) in [4.78, 5) is 45.3. The van der Waals surface area contributed by atoms with Gasteiger partial charge in [0, 0.05) is 23.3 Å². The Balaban J connectivity index is 4.67. The number of hydrogen-bond acceptors (Lipinski definition) is 6. The second-order valence-electron chi connectivity index (χ2n) is 6.46. The van der Waals surface area contributed by atoms with Crippen molar-refractivity contribution in [2.24, 2.45) is 11.7 Å². The van der Waals surface area contributed by atoms with E-state index in [9.17, 15) is 19.2 Å². The van der Waals surface area contributed by atoms with Gasteiger partial charge in [0.25, 0.3) is 0 Å². The molecule has 0 rings (SSSR count). The highest BCUT2D eigenvalue weighted by molar-refractivity contribution is 8.00. The third-order valence-corrected chi connectivity index (χ3v) is 4.46. The Morgan fingerprint density at radius 2 is 1.75 bits per heavy atom. The lowest BCUT2D eigenvalue weighted by atomic mass is 9.99. The van der Waals surface area contributed by atoms with E-state index in [-0.39, 0.29) is 29.8 Å². The second-order valence-corrected chi connectivity index (χ2v) is 8.30. The SMILES string of the molecule is CC(C)(C)SCC(CC(=O)CCC(N)C(=O)O)C(=O)NCC(=O)O. The van der Waals surface area contributed by atoms with Crippen LogP contribution in [-0.4, -0.2) is 56.9 Å². The largest absolute Gasteiger partial charge is 0.480 e. The molecule has 0 bridgehead atoms. The van der Waals surface area contributed by atoms with E-state index in [0.717, 1.165) is 0 Å². The number of carbonyl (C=O) groups excluding carboxylic acids is 2. The smallest absolute Gasteiger partial charge is 0.322 e. The number of carboxylic acid groups (broad SMARTS) is 2. The number of amides is 1. The van der Waals surface area contributed by atoms with Crippen LogP contribution < -0.4 is 11.1 Å². The molecule has 5 N–H and O–H groups in total. The molecule has 24 heavy (non-hydrogen) atoms. The van der Waals surface area contributed by atoms with Gasteiger partial charge in [-0.1, -0.05) is 20.8 Å². The van der Waals surface area contributed by atoms with Gasteiger partial charge >= 0.3 is 11.9 Å². The van der Waals surface area contributed by atoms with E-state index >= 15 is 0 Å². The van der Waals surface area contributed by atoms with Gasteiger partial charge in [0.15, 0.2) is 0 Å². The lowest BCUT2D eigenvalue weighted by Gasteiger charge is -2.22. The summed E-state index contributed by atoms with van der Waals surface area (Å²) in [7, 11) is 0. The minimum absolute atomic E-state index is 0.00401. The van der Waals surface area contributed by atoms with E-state index in [4.69, 9.17) is 15.9 Å². The van der Waals surface area contributed by atoms with Gasteiger partial charge in [-0.3, -0.25) is 19.2 Å². The summed E-state index contributed by atoms with van der Waals surface area (Å²) >= 11 is 1.50. The van der Waals surface area contributed by atoms with E-state index in [1.165, 1.54) is 11.8 Å². The molecule has 9 heteroatoms. The van der Waals surface area contributed by atoms with Crippen molar-refractivity contribution in [2.75, 3.05) is 12.3 Å². The lowest BCUT2D eigenvalue weighted by Crippen LogP contribution is -2.37. The molecule has 0 aromatic carbocycles. The molecule has 0 radical (unpaired) electrons. The van der Waals surface area contributed by atoms with Crippen LogP contribution >= 0.6 is 11.8 Å². The zero-order valence-electron chi connectivity index (χ0n) is 14.2. The van der Waals surface area contributed by atoms with Gasteiger partial charge in [0.2, 0.25) is 5.91 Å². The summed E-state index contributed by atoms with van der Waals surface area (Å²) in [6, 6.07) is -1.11. The molecule has 2 atom stereocenters. The standard InChI is InChI=1S/C15H26N2O6S/c1-15(2,3)24-8-9(13(21)17-7-12(19)20)6-10(18)4-5-11(16)14(22)23/h9,11H,4-8,16H2,1-3H3,(H,17,21)(H,19,20)(H,22,23). The van der Waals surface area contributed by atoms with Crippen LogP contribution in [0.5, 0.6) is 0 Å². The zero-order chi connectivity index (χ0) is 18.9. The van der Waals surface area contributed by atoms with Crippen LogP contribution in [0.4, 0.5) is 0 Å². The third-order valence-electron chi connectivity index (χ3n) is 3.03. The quantitative estimate of drug-likeness (QED) is 0.415. The van der Waals surface area contributed by atoms with Crippen LogP contribution in [-0.2, 0) is 19.2 Å². The van der Waals surface area contributed by atoms with Crippen molar-refractivity contribution in [3.05, 3.63) is 0 Å². The average molecular weight is 362 g/mol. The van der Waals surface area contributed by atoms with E-state index in [0.29, 0.717) is 5.75 Å². The van der Waals surface area contributed by atoms with Gasteiger partial charge in [-0.15, -0.1) is 0 Å². The summed E-state index contributed by atoms with van der Waals surface area (Å²) in [6.07, 6.45) is -0.0960. The van der Waals surface area contributed by atoms with Crippen LogP contribution in [0.3, 0.4) is 0 Å². The Morgan fingerprint density at radius 3 is 2.21 bits per heavy atom. The fourth-order valence-corrected chi connectivity index (χ4v) is 2.67. The molecular weight excluding hydrogens is 336 g/mol. The molecule has 0 saturated carbocycles. The fourth-order valence-electron chi connectivity index (χ4n) is 1.70. The molecule has 0 aliphatic heterocycles. The summed E-state index contributed by atoms with van der Waals surface area (Å²) in [5.41, 5.74) is 5.35. The molecule has 138 valence electrons. The summed E-state index contributed by atoms with van der Waals surface area (Å²) in [5.74, 6) is -3.40. The van der Waals surface area contributed by atoms with E-state index in [2.05, 4.69) is 5.32 Å². The summed E-state index contributed by atoms with van der Waals surface area (Å²) in [6.45, 7) is 5.40. The number of nitrogens with two attached hydrogens (primary N) is 1. The fraction of sp³-hybridized carbons (Fsp3) is 0.733. The number of carbonyl (C=O) groups is 4. The topological polar surface area (TPSA) is 147 Å². The number of aliphatic carboxylic acids is 2. The Morgan fingerprint density at radius 1 is 1.17 bits per heavy atom. The molecule has 0 fully saturated rings. The molecule has 0 heterocycles. The first-order chi connectivity index (χ1) is 10.9. The van der Waals surface area contributed by atoms with Crippen molar-refractivity contribution in [3.63, 3.8) is 0 Å². The van der Waals surface area contributed by atoms with E-state index < -0.39 is 36.4 Å². The van der Waals surface area contributed by atoms with Crippen molar-refractivity contribution < 1.29 is 29.4 Å². The third kappa shape index (κ3) is 11.0. The van der Waals surface area contributed by atoms with Crippen LogP contribution in [0, 0.1) is 5.92 Å². The van der Waals surface area contributed by atoms with Gasteiger partial charge < -0.3 is 21.3 Å². The molecule has 0 aliphatic rings. The van der Waals surface area contributed by atoms with Gasteiger partial charge in [0.1, 0.15) is 18.4 Å². The highest BCUT2D eigenvalue weighted by Gasteiger charge is 2.25. The average Bonchev–Trinajstić information content (AvgIpc) is 2.45. The predicted octanol–water partition coefficient (Wildman–Crippen LogP) is 0.486. The normalized spacial score (nSPS) is 13.8. The van der Waals surface area contributed by atoms with Crippen molar-refractivity contribution in [2.45, 2.75) is 50.8 Å². The lowest BCUT2D eigenvalue weighted by molar-refractivity contribution is -0.139. The Bertz CT molecular complexity index is 475. The highest BCUT2D eigenvalue weighted by Crippen LogP contribution is 2.27. The number of rotatable bonds is 11. The van der Waals surface area contributed by atoms with Crippen molar-refractivity contribution in [3.8, 4) is 0 Å². The predicted molar refractivity (Wildman–Crippen MR) is 90.8 cm³/mol. The van der Waals surface area contributed by atoms with Gasteiger partial charge in [-0.2, -0.15) is 11.8 Å². The van der Waals surface area contributed by atoms with Crippen LogP contribution in [0.25, 0.3) is 0 Å². The first-order valence-corrected chi connectivity index (χ1v) is 8.54. The van der Waals surface area contributed by atoms with E-state index in [1.54, 1.807) is 0 Å². The molecule has 0 spiro atoms. The highest BCUT2D eigenvalue weighted by atomic mass is 32.2. The first-order valence-electron chi connectivity index (χ1n) is 7.56. The Labute approximate surface area is 145 Å². The van der Waals surface area contributed by atoms with Gasteiger partial charge in [0.05, 0.1) is 5.92 Å². The van der Waals surface area contributed by atoms with Gasteiger partial charge in [-0.05, 0) is 6.42 Å². The monoisotopic (exact) mass is 362 g/mol. The number of carboxylic acids is 2. The molecular formula is C15H26N2O6S. The maximum absolute atomic E-state index is 12.1. The molecule has 2 unspecified atom stereocenters. The molecule has 1 amide bonds. The number of thioether (sulfide) groups is 1. The minimum Gasteiger partial charge on any atom is -0.480 e. The van der Waals surface area contributed by atoms with Crippen LogP contribution in [0.1, 0.15) is 40.0 Å². The molecule has 0 saturated heterocycles. The number of nitrogens with one attached hydrogen (secondary N) is 1. The number of ketones is 1. The molecule has 0 aromatic rings. The van der Waals surface area contributed by atoms with E-state index in [1.807, 2.05) is 20.8 Å². The zero-order valence-corrected chi connectivity index (χ0v) is 15.0. The second kappa shape index (κ2) is 10.3. The number of Topliss-reactive ketones (excluding diaryl/α,β-unsaturated/α-hetero) is 1. The van der Waals surface area contributed by atoms with Crippen molar-refractivity contribution >= 4 is 35.4 Å². The van der Waals surface area contributed by atoms with Crippen LogP contribution in [0.2, 0.25) is 0 Å². The first kappa shape index (κ1) is 22.4. The Kier molecular flexibility index (Phi) is 9.60. The molecule has 8 nitrogen and oxygen atoms in total. The minimum atomic E-state index is -1.18. The number of hydrogen-bond donors (Lipinski definition) is 4. The summed E-state index contributed by atoms with van der Waals surface area (Å²) in [5, 5.41) is 19.6. The van der Waals surface area contributed by atoms with Gasteiger partial charge in [-0.25, -0.2) is 0 Å². The Hall–Kier alpha value is -1.61. The summed E-state index contributed by atoms with van der Waals surface area (Å²) < 4.78 is -0.111. The van der Waals surface area contributed by atoms with Crippen molar-refractivity contribution in [1.82, 2.24) is 5.32 Å². The maximum atomic E-state index is 12.1. The maximum Gasteiger partial charge on any atom is 0.322 e. The molecule has 0 aliphatic carbocycles. The van der Waals surface area contributed by atoms with Crippen LogP contribution in [0.15, 0.2) is 0 Å². The van der Waals surface area contributed by atoms with Crippen molar-refractivity contribution in [1.29, 1.82) is 0 Å².